The van der Waals surface area contributed by atoms with Crippen LogP contribution in [0.15, 0.2) is 18.2 Å². The standard InChI is InChI=1S/C24H37N3O6/c1-9-32-19(28)13-14-25-21(29)20(18-12-10-11-15(2)16(18)3)27(8)22(30)17(4)26-23(31)33-24(5,6)7/h10-12,17,20H,9,13-14H2,1-8H3,(H,25,29)(H,26,31). The third-order valence-electron chi connectivity index (χ3n) is 4.96. The molecule has 0 saturated carbocycles. The summed E-state index contributed by atoms with van der Waals surface area (Å²) < 4.78 is 10.1. The molecule has 1 aromatic rings. The monoisotopic (exact) mass is 463 g/mol. The van der Waals surface area contributed by atoms with Crippen LogP contribution in [-0.4, -0.2) is 60.6 Å². The summed E-state index contributed by atoms with van der Waals surface area (Å²) in [6.45, 7) is 12.5. The van der Waals surface area contributed by atoms with Gasteiger partial charge in [-0.15, -0.1) is 0 Å². The summed E-state index contributed by atoms with van der Waals surface area (Å²) in [6.07, 6.45) is -0.702. The molecule has 9 nitrogen and oxygen atoms in total. The van der Waals surface area contributed by atoms with Crippen LogP contribution in [0.4, 0.5) is 4.79 Å². The third kappa shape index (κ3) is 8.75. The fourth-order valence-electron chi connectivity index (χ4n) is 3.19. The predicted molar refractivity (Wildman–Crippen MR) is 125 cm³/mol. The molecule has 0 radical (unpaired) electrons. The number of carbonyl (C=O) groups is 4. The van der Waals surface area contributed by atoms with E-state index in [4.69, 9.17) is 9.47 Å². The van der Waals surface area contributed by atoms with Gasteiger partial charge in [0.05, 0.1) is 13.0 Å². The smallest absolute Gasteiger partial charge is 0.408 e. The average Bonchev–Trinajstić information content (AvgIpc) is 2.69. The molecular formula is C24H37N3O6. The Kier molecular flexibility index (Phi) is 10.3. The van der Waals surface area contributed by atoms with Gasteiger partial charge in [0.15, 0.2) is 0 Å². The molecule has 0 saturated heterocycles. The molecule has 1 rings (SSSR count). The molecular weight excluding hydrogens is 426 g/mol. The number of nitrogens with one attached hydrogen (secondary N) is 2. The van der Waals surface area contributed by atoms with E-state index < -0.39 is 41.6 Å². The Morgan fingerprint density at radius 3 is 2.33 bits per heavy atom. The first-order valence-electron chi connectivity index (χ1n) is 11.0. The third-order valence-corrected chi connectivity index (χ3v) is 4.96. The number of benzene rings is 1. The predicted octanol–water partition coefficient (Wildman–Crippen LogP) is 2.79. The van der Waals surface area contributed by atoms with Crippen LogP contribution in [-0.2, 0) is 23.9 Å². The Balaban J connectivity index is 3.08. The molecule has 0 spiro atoms. The maximum Gasteiger partial charge on any atom is 0.408 e. The van der Waals surface area contributed by atoms with Gasteiger partial charge in [0.1, 0.15) is 17.7 Å². The number of hydrogen-bond acceptors (Lipinski definition) is 6. The minimum atomic E-state index is -0.956. The van der Waals surface area contributed by atoms with Gasteiger partial charge < -0.3 is 25.0 Å². The highest BCUT2D eigenvalue weighted by atomic mass is 16.6. The van der Waals surface area contributed by atoms with E-state index in [1.54, 1.807) is 33.8 Å². The molecule has 1 aromatic carbocycles. The van der Waals surface area contributed by atoms with Crippen molar-refractivity contribution in [1.29, 1.82) is 0 Å². The van der Waals surface area contributed by atoms with Crippen molar-refractivity contribution >= 4 is 23.9 Å². The molecule has 0 heterocycles. The Bertz CT molecular complexity index is 862. The maximum atomic E-state index is 13.2. The van der Waals surface area contributed by atoms with E-state index in [1.807, 2.05) is 26.0 Å². The van der Waals surface area contributed by atoms with Crippen molar-refractivity contribution in [3.63, 3.8) is 0 Å². The lowest BCUT2D eigenvalue weighted by Crippen LogP contribution is -2.50. The molecule has 2 unspecified atom stereocenters. The van der Waals surface area contributed by atoms with Gasteiger partial charge in [-0.3, -0.25) is 14.4 Å². The lowest BCUT2D eigenvalue weighted by Gasteiger charge is -2.31. The first-order valence-corrected chi connectivity index (χ1v) is 11.0. The molecule has 2 atom stereocenters. The van der Waals surface area contributed by atoms with Gasteiger partial charge >= 0.3 is 12.1 Å². The first kappa shape index (κ1) is 27.9. The lowest BCUT2D eigenvalue weighted by atomic mass is 9.95. The number of amides is 3. The number of aryl methyl sites for hydroxylation is 1. The number of ether oxygens (including phenoxy) is 2. The number of nitrogens with zero attached hydrogens (tertiary/aromatic N) is 1. The summed E-state index contributed by atoms with van der Waals surface area (Å²) in [5, 5.41) is 5.23. The molecule has 33 heavy (non-hydrogen) atoms. The van der Waals surface area contributed by atoms with E-state index in [0.717, 1.165) is 11.1 Å². The molecule has 3 amide bonds. The van der Waals surface area contributed by atoms with Gasteiger partial charge in [-0.05, 0) is 65.2 Å². The summed E-state index contributed by atoms with van der Waals surface area (Å²) in [6, 6.07) is 3.64. The summed E-state index contributed by atoms with van der Waals surface area (Å²) in [7, 11) is 1.51. The van der Waals surface area contributed by atoms with Crippen molar-refractivity contribution in [3.05, 3.63) is 34.9 Å². The van der Waals surface area contributed by atoms with Crippen LogP contribution in [0, 0.1) is 13.8 Å². The highest BCUT2D eigenvalue weighted by Crippen LogP contribution is 2.26. The normalized spacial score (nSPS) is 12.8. The second-order valence-corrected chi connectivity index (χ2v) is 8.85. The molecule has 0 aliphatic heterocycles. The van der Waals surface area contributed by atoms with Gasteiger partial charge in [-0.1, -0.05) is 18.2 Å². The van der Waals surface area contributed by atoms with Crippen LogP contribution >= 0.6 is 0 Å². The fraction of sp³-hybridized carbons (Fsp3) is 0.583. The molecule has 0 aliphatic rings. The van der Waals surface area contributed by atoms with Crippen molar-refractivity contribution in [2.24, 2.45) is 0 Å². The van der Waals surface area contributed by atoms with E-state index >= 15 is 0 Å². The SMILES string of the molecule is CCOC(=O)CCNC(=O)C(c1cccc(C)c1C)N(C)C(=O)C(C)NC(=O)OC(C)(C)C. The highest BCUT2D eigenvalue weighted by molar-refractivity contribution is 5.92. The van der Waals surface area contributed by atoms with E-state index in [2.05, 4.69) is 10.6 Å². The summed E-state index contributed by atoms with van der Waals surface area (Å²) in [4.78, 5) is 51.3. The van der Waals surface area contributed by atoms with Crippen LogP contribution in [0.2, 0.25) is 0 Å². The van der Waals surface area contributed by atoms with Gasteiger partial charge in [0.25, 0.3) is 0 Å². The van der Waals surface area contributed by atoms with Crippen molar-refractivity contribution in [2.45, 2.75) is 72.6 Å². The quantitative estimate of drug-likeness (QED) is 0.545. The number of carbonyl (C=O) groups excluding carboxylic acids is 4. The minimum Gasteiger partial charge on any atom is -0.466 e. The van der Waals surface area contributed by atoms with Crippen LogP contribution < -0.4 is 10.6 Å². The highest BCUT2D eigenvalue weighted by Gasteiger charge is 2.33. The number of rotatable bonds is 9. The average molecular weight is 464 g/mol. The number of esters is 1. The second-order valence-electron chi connectivity index (χ2n) is 8.85. The van der Waals surface area contributed by atoms with Crippen molar-refractivity contribution in [1.82, 2.24) is 15.5 Å². The Hall–Kier alpha value is -3.10. The van der Waals surface area contributed by atoms with Crippen LogP contribution in [0.25, 0.3) is 0 Å². The minimum absolute atomic E-state index is 0.0212. The molecule has 0 bridgehead atoms. The maximum absolute atomic E-state index is 13.2. The van der Waals surface area contributed by atoms with E-state index in [1.165, 1.54) is 18.9 Å². The van der Waals surface area contributed by atoms with Gasteiger partial charge in [-0.2, -0.15) is 0 Å². The van der Waals surface area contributed by atoms with Crippen molar-refractivity contribution < 1.29 is 28.7 Å². The van der Waals surface area contributed by atoms with E-state index in [0.29, 0.717) is 5.56 Å². The molecule has 9 heteroatoms. The van der Waals surface area contributed by atoms with Gasteiger partial charge in [0.2, 0.25) is 11.8 Å². The summed E-state index contributed by atoms with van der Waals surface area (Å²) in [5.41, 5.74) is 1.79. The van der Waals surface area contributed by atoms with Crippen LogP contribution in [0.5, 0.6) is 0 Å². The van der Waals surface area contributed by atoms with E-state index in [-0.39, 0.29) is 19.6 Å². The summed E-state index contributed by atoms with van der Waals surface area (Å²) in [5.74, 6) is -1.32. The lowest BCUT2D eigenvalue weighted by molar-refractivity contribution is -0.143. The van der Waals surface area contributed by atoms with E-state index in [9.17, 15) is 19.2 Å². The zero-order valence-electron chi connectivity index (χ0n) is 20.9. The largest absolute Gasteiger partial charge is 0.466 e. The van der Waals surface area contributed by atoms with Crippen molar-refractivity contribution in [3.8, 4) is 0 Å². The molecule has 2 N–H and O–H groups in total. The van der Waals surface area contributed by atoms with Crippen LogP contribution in [0.3, 0.4) is 0 Å². The Morgan fingerprint density at radius 1 is 1.12 bits per heavy atom. The van der Waals surface area contributed by atoms with Gasteiger partial charge in [-0.25, -0.2) is 4.79 Å². The Morgan fingerprint density at radius 2 is 1.76 bits per heavy atom. The number of likely N-dealkylation sites (N-methyl/N-ethyl adjacent to an activating group) is 1. The Labute approximate surface area is 196 Å². The molecule has 184 valence electrons. The zero-order valence-corrected chi connectivity index (χ0v) is 20.9. The van der Waals surface area contributed by atoms with Crippen molar-refractivity contribution in [2.75, 3.05) is 20.2 Å². The fourth-order valence-corrected chi connectivity index (χ4v) is 3.19. The molecule has 0 fully saturated rings. The second kappa shape index (κ2) is 12.2. The topological polar surface area (TPSA) is 114 Å². The zero-order chi connectivity index (χ0) is 25.3. The number of hydrogen-bond donors (Lipinski definition) is 2. The number of alkyl carbamates (subject to hydrolysis) is 1. The first-order chi connectivity index (χ1) is 15.3. The van der Waals surface area contributed by atoms with Gasteiger partial charge in [0, 0.05) is 13.6 Å². The van der Waals surface area contributed by atoms with Crippen LogP contribution in [0.1, 0.15) is 63.8 Å². The molecule has 0 aromatic heterocycles. The molecule has 0 aliphatic carbocycles. The summed E-state index contributed by atoms with van der Waals surface area (Å²) >= 11 is 0.